The third-order valence-corrected chi connectivity index (χ3v) is 1.06. The van der Waals surface area contributed by atoms with Crippen LogP contribution in [0.3, 0.4) is 0 Å². The normalized spacial score (nSPS) is 9.20. The van der Waals surface area contributed by atoms with E-state index in [-0.39, 0.29) is 5.81 Å². The first kappa shape index (κ1) is 6.86. The average Bonchev–Trinajstić information content (AvgIpc) is 2.34. The van der Waals surface area contributed by atoms with Gasteiger partial charge in [-0.15, -0.1) is 0 Å². The molecule has 1 heterocycles. The van der Waals surface area contributed by atoms with Crippen molar-refractivity contribution in [1.29, 1.82) is 0 Å². The molecule has 5 heteroatoms. The van der Waals surface area contributed by atoms with Crippen LogP contribution in [0.15, 0.2) is 12.4 Å². The van der Waals surface area contributed by atoms with E-state index in [1.54, 1.807) is 12.4 Å². The molecule has 4 nitrogen and oxygen atoms in total. The molecular weight excluding hydrogens is 129 g/mol. The molecule has 0 aromatic carbocycles. The summed E-state index contributed by atoms with van der Waals surface area (Å²) in [6.07, 6.45) is 3.37. The second-order valence-electron chi connectivity index (χ2n) is 1.95. The first-order valence-electron chi connectivity index (χ1n) is 3.02. The van der Waals surface area contributed by atoms with E-state index in [4.69, 9.17) is 0 Å². The Balaban J connectivity index is 2.35. The number of hydrogen-bond acceptors (Lipinski definition) is 2. The Labute approximate surface area is 59.5 Å². The van der Waals surface area contributed by atoms with Crippen molar-refractivity contribution in [2.24, 2.45) is 0 Å². The highest BCUT2D eigenvalue weighted by atomic mass is 16.1. The van der Waals surface area contributed by atoms with E-state index in [0.717, 1.165) is 5.82 Å². The molecule has 0 fully saturated rings. The Kier molecular flexibility index (Phi) is 2.09. The van der Waals surface area contributed by atoms with E-state index in [9.17, 15) is 4.79 Å². The minimum absolute atomic E-state index is 0.0450. The van der Waals surface area contributed by atoms with Gasteiger partial charge in [0.05, 0.1) is 6.54 Å². The molecule has 0 radical (unpaired) electrons. The minimum Gasteiger partial charge on any atom is -0.358 e. The molecule has 0 atom stereocenters. The van der Waals surface area contributed by atoms with Gasteiger partial charge in [0.25, 0.3) is 0 Å². The van der Waals surface area contributed by atoms with Crippen LogP contribution in [-0.2, 0) is 6.54 Å². The highest BCUT2D eigenvalue weighted by molar-refractivity contribution is 6.57. The van der Waals surface area contributed by atoms with Gasteiger partial charge in [0.1, 0.15) is 5.82 Å². The van der Waals surface area contributed by atoms with Crippen molar-refractivity contribution in [2.75, 3.05) is 0 Å². The van der Waals surface area contributed by atoms with E-state index in [0.29, 0.717) is 6.54 Å². The Bertz CT molecular complexity index is 209. The van der Waals surface area contributed by atoms with Crippen LogP contribution in [0.2, 0.25) is 0 Å². The molecular formula is C5H8BN3O. The summed E-state index contributed by atoms with van der Waals surface area (Å²) in [5.74, 6) is 0.728. The number of aromatic amines is 1. The maximum absolute atomic E-state index is 10.4. The third-order valence-electron chi connectivity index (χ3n) is 1.06. The van der Waals surface area contributed by atoms with Crippen molar-refractivity contribution in [1.82, 2.24) is 15.3 Å². The minimum atomic E-state index is -0.0450. The zero-order valence-corrected chi connectivity index (χ0v) is 5.72. The first-order valence-corrected chi connectivity index (χ1v) is 3.02. The van der Waals surface area contributed by atoms with E-state index in [2.05, 4.69) is 15.3 Å². The molecule has 0 saturated carbocycles. The van der Waals surface area contributed by atoms with Crippen LogP contribution < -0.4 is 5.32 Å². The number of hydrogen-bond donors (Lipinski definition) is 2. The Morgan fingerprint density at radius 1 is 1.90 bits per heavy atom. The lowest BCUT2D eigenvalue weighted by molar-refractivity contribution is 0.259. The number of nitrogens with one attached hydrogen (secondary N) is 2. The smallest absolute Gasteiger partial charge is 0.215 e. The summed E-state index contributed by atoms with van der Waals surface area (Å²) in [6, 6.07) is 0. The van der Waals surface area contributed by atoms with Crippen LogP contribution in [0.1, 0.15) is 5.82 Å². The number of amides is 1. The fourth-order valence-electron chi connectivity index (χ4n) is 0.603. The number of imidazole rings is 1. The van der Waals surface area contributed by atoms with Gasteiger partial charge < -0.3 is 10.3 Å². The van der Waals surface area contributed by atoms with Gasteiger partial charge in [0, 0.05) is 12.4 Å². The quantitative estimate of drug-likeness (QED) is 0.527. The largest absolute Gasteiger partial charge is 0.358 e. The van der Waals surface area contributed by atoms with Crippen LogP contribution in [0.5, 0.6) is 0 Å². The zero-order chi connectivity index (χ0) is 7.40. The van der Waals surface area contributed by atoms with Gasteiger partial charge in [-0.25, -0.2) is 4.98 Å². The van der Waals surface area contributed by atoms with Gasteiger partial charge in [0.2, 0.25) is 7.85 Å². The van der Waals surface area contributed by atoms with E-state index in [1.807, 2.05) is 0 Å². The van der Waals surface area contributed by atoms with Gasteiger partial charge in [0.15, 0.2) is 5.81 Å². The maximum atomic E-state index is 10.4. The lowest BCUT2D eigenvalue weighted by Gasteiger charge is -1.96. The van der Waals surface area contributed by atoms with E-state index < -0.39 is 0 Å². The summed E-state index contributed by atoms with van der Waals surface area (Å²) >= 11 is 0. The molecule has 2 N–H and O–H groups in total. The fourth-order valence-corrected chi connectivity index (χ4v) is 0.603. The summed E-state index contributed by atoms with van der Waals surface area (Å²) in [5, 5.41) is 2.62. The van der Waals surface area contributed by atoms with Crippen molar-refractivity contribution in [2.45, 2.75) is 6.54 Å². The van der Waals surface area contributed by atoms with Crippen LogP contribution >= 0.6 is 0 Å². The Morgan fingerprint density at radius 3 is 3.20 bits per heavy atom. The molecule has 1 aromatic rings. The van der Waals surface area contributed by atoms with Crippen LogP contribution in [0.25, 0.3) is 0 Å². The molecule has 0 unspecified atom stereocenters. The lowest BCUT2D eigenvalue weighted by atomic mass is 10.1. The summed E-state index contributed by atoms with van der Waals surface area (Å²) < 4.78 is 0. The van der Waals surface area contributed by atoms with Crippen molar-refractivity contribution in [3.63, 3.8) is 0 Å². The van der Waals surface area contributed by atoms with Gasteiger partial charge in [-0.1, -0.05) is 0 Å². The monoisotopic (exact) mass is 137 g/mol. The predicted octanol–water partition coefficient (Wildman–Crippen LogP) is -0.748. The van der Waals surface area contributed by atoms with Crippen molar-refractivity contribution < 1.29 is 4.79 Å². The molecule has 0 aliphatic carbocycles. The standard InChI is InChI=1S/C5H8BN3O/c6-5(10)9-3-4-7-1-2-8-4/h1-2H,3,6H2,(H,7,8)(H,9,10). The summed E-state index contributed by atoms with van der Waals surface area (Å²) in [5.41, 5.74) is 0. The SMILES string of the molecule is BC(=O)NCc1ncc[nH]1. The second-order valence-corrected chi connectivity index (χ2v) is 1.95. The third kappa shape index (κ3) is 1.93. The molecule has 0 saturated heterocycles. The molecule has 0 bridgehead atoms. The summed E-state index contributed by atoms with van der Waals surface area (Å²) in [7, 11) is 1.48. The molecule has 1 amide bonds. The first-order chi connectivity index (χ1) is 4.79. The zero-order valence-electron chi connectivity index (χ0n) is 5.72. The highest BCUT2D eigenvalue weighted by Crippen LogP contribution is 1.85. The van der Waals surface area contributed by atoms with Gasteiger partial charge in [-0.05, 0) is 0 Å². The fraction of sp³-hybridized carbons (Fsp3) is 0.200. The lowest BCUT2D eigenvalue weighted by Crippen LogP contribution is -2.21. The average molecular weight is 137 g/mol. The Hall–Kier alpha value is -1.26. The second kappa shape index (κ2) is 3.05. The van der Waals surface area contributed by atoms with Crippen molar-refractivity contribution in [3.05, 3.63) is 18.2 Å². The number of aromatic nitrogens is 2. The van der Waals surface area contributed by atoms with Crippen molar-refractivity contribution in [3.8, 4) is 0 Å². The molecule has 0 aliphatic heterocycles. The Morgan fingerprint density at radius 2 is 2.70 bits per heavy atom. The topological polar surface area (TPSA) is 57.8 Å². The van der Waals surface area contributed by atoms with Crippen LogP contribution in [0, 0.1) is 0 Å². The number of carbonyl (C=O) groups is 1. The van der Waals surface area contributed by atoms with Crippen LogP contribution in [0.4, 0.5) is 4.79 Å². The molecule has 10 heavy (non-hydrogen) atoms. The molecule has 1 rings (SSSR count). The highest BCUT2D eigenvalue weighted by Gasteiger charge is 1.93. The van der Waals surface area contributed by atoms with E-state index in [1.165, 1.54) is 7.85 Å². The summed E-state index contributed by atoms with van der Waals surface area (Å²) in [6.45, 7) is 0.475. The molecule has 52 valence electrons. The van der Waals surface area contributed by atoms with Crippen molar-refractivity contribution >= 4 is 13.7 Å². The number of rotatable bonds is 2. The van der Waals surface area contributed by atoms with Gasteiger partial charge in [-0.2, -0.15) is 0 Å². The predicted molar refractivity (Wildman–Crippen MR) is 39.4 cm³/mol. The number of carbonyl (C=O) groups excluding carboxylic acids is 1. The number of nitrogens with zero attached hydrogens (tertiary/aromatic N) is 1. The van der Waals surface area contributed by atoms with Crippen LogP contribution in [-0.4, -0.2) is 23.6 Å². The number of H-pyrrole nitrogens is 1. The van der Waals surface area contributed by atoms with E-state index >= 15 is 0 Å². The maximum Gasteiger partial charge on any atom is 0.215 e. The van der Waals surface area contributed by atoms with Gasteiger partial charge >= 0.3 is 0 Å². The molecule has 0 aliphatic rings. The molecule has 1 aromatic heterocycles. The summed E-state index contributed by atoms with van der Waals surface area (Å²) in [4.78, 5) is 17.2. The van der Waals surface area contributed by atoms with Gasteiger partial charge in [-0.3, -0.25) is 4.79 Å². The molecule has 0 spiro atoms.